The zero-order valence-corrected chi connectivity index (χ0v) is 10.6. The molecule has 2 aromatic rings. The van der Waals surface area contributed by atoms with E-state index in [-0.39, 0.29) is 6.61 Å². The lowest BCUT2D eigenvalue weighted by Gasteiger charge is -2.02. The molecule has 1 heterocycles. The first-order valence-electron chi connectivity index (χ1n) is 5.19. The number of aliphatic hydroxyl groups excluding tert-OH is 1. The number of benzene rings is 1. The molecule has 3 nitrogen and oxygen atoms in total. The summed E-state index contributed by atoms with van der Waals surface area (Å²) in [5, 5.41) is 9.08. The van der Waals surface area contributed by atoms with E-state index in [1.807, 2.05) is 24.3 Å². The summed E-state index contributed by atoms with van der Waals surface area (Å²) in [6, 6.07) is 7.95. The molecule has 0 bridgehead atoms. The van der Waals surface area contributed by atoms with Crippen molar-refractivity contribution < 1.29 is 5.11 Å². The maximum atomic E-state index is 9.08. The van der Waals surface area contributed by atoms with Crippen molar-refractivity contribution in [1.82, 2.24) is 9.97 Å². The van der Waals surface area contributed by atoms with Crippen molar-refractivity contribution in [3.8, 4) is 11.3 Å². The number of H-pyrrole nitrogens is 1. The van der Waals surface area contributed by atoms with Gasteiger partial charge in [0, 0.05) is 15.7 Å². The number of aliphatic hydroxyl groups is 1. The summed E-state index contributed by atoms with van der Waals surface area (Å²) in [4.78, 5) is 7.52. The average molecular weight is 281 g/mol. The predicted octanol–water partition coefficient (Wildman–Crippen LogP) is 2.89. The molecule has 2 rings (SSSR count). The number of hydrogen-bond donors (Lipinski definition) is 2. The average Bonchev–Trinajstić information content (AvgIpc) is 2.72. The molecule has 0 aliphatic rings. The largest absolute Gasteiger partial charge is 0.388 e. The van der Waals surface area contributed by atoms with Crippen LogP contribution in [0.25, 0.3) is 11.3 Å². The van der Waals surface area contributed by atoms with E-state index in [4.69, 9.17) is 5.11 Å². The van der Waals surface area contributed by atoms with Gasteiger partial charge in [0.25, 0.3) is 0 Å². The number of nitrogens with one attached hydrogen (secondary N) is 1. The van der Waals surface area contributed by atoms with E-state index in [0.29, 0.717) is 5.82 Å². The molecule has 16 heavy (non-hydrogen) atoms. The summed E-state index contributed by atoms with van der Waals surface area (Å²) in [5.41, 5.74) is 3.02. The number of aromatic nitrogens is 2. The van der Waals surface area contributed by atoms with Crippen molar-refractivity contribution >= 4 is 15.9 Å². The van der Waals surface area contributed by atoms with E-state index in [2.05, 4.69) is 32.8 Å². The van der Waals surface area contributed by atoms with Crippen molar-refractivity contribution in [1.29, 1.82) is 0 Å². The Morgan fingerprint density at radius 3 is 2.75 bits per heavy atom. The molecule has 84 valence electrons. The van der Waals surface area contributed by atoms with Crippen LogP contribution in [0.1, 0.15) is 18.4 Å². The smallest absolute Gasteiger partial charge is 0.132 e. The molecule has 0 aliphatic carbocycles. The van der Waals surface area contributed by atoms with Gasteiger partial charge in [-0.1, -0.05) is 41.1 Å². The summed E-state index contributed by atoms with van der Waals surface area (Å²) in [6.45, 7) is 2.01. The van der Waals surface area contributed by atoms with Crippen LogP contribution >= 0.6 is 15.9 Å². The van der Waals surface area contributed by atoms with Gasteiger partial charge in [-0.25, -0.2) is 4.98 Å². The Balaban J connectivity index is 2.54. The van der Waals surface area contributed by atoms with E-state index >= 15 is 0 Å². The van der Waals surface area contributed by atoms with E-state index in [9.17, 15) is 0 Å². The molecule has 1 aromatic heterocycles. The molecule has 0 fully saturated rings. The minimum Gasteiger partial charge on any atom is -0.388 e. The van der Waals surface area contributed by atoms with Crippen LogP contribution in [0.5, 0.6) is 0 Å². The second kappa shape index (κ2) is 4.80. The van der Waals surface area contributed by atoms with Crippen LogP contribution in [0.3, 0.4) is 0 Å². The van der Waals surface area contributed by atoms with E-state index < -0.39 is 0 Å². The summed E-state index contributed by atoms with van der Waals surface area (Å²) in [5.74, 6) is 0.614. The molecular formula is C12H13BrN2O. The third kappa shape index (κ3) is 2.03. The first-order valence-corrected chi connectivity index (χ1v) is 5.99. The highest BCUT2D eigenvalue weighted by molar-refractivity contribution is 9.10. The SMILES string of the molecule is CCc1[nH]c(CO)nc1-c1ccccc1Br. The molecule has 0 unspecified atom stereocenters. The van der Waals surface area contributed by atoms with Gasteiger partial charge in [0.1, 0.15) is 12.4 Å². The fourth-order valence-corrected chi connectivity index (χ4v) is 2.14. The van der Waals surface area contributed by atoms with Crippen LogP contribution in [0.4, 0.5) is 0 Å². The van der Waals surface area contributed by atoms with Gasteiger partial charge in [-0.3, -0.25) is 0 Å². The van der Waals surface area contributed by atoms with E-state index in [0.717, 1.165) is 27.8 Å². The van der Waals surface area contributed by atoms with Gasteiger partial charge in [-0.2, -0.15) is 0 Å². The van der Waals surface area contributed by atoms with Gasteiger partial charge in [0.15, 0.2) is 0 Å². The van der Waals surface area contributed by atoms with Crippen molar-refractivity contribution in [3.05, 3.63) is 40.3 Å². The molecule has 0 saturated heterocycles. The fraction of sp³-hybridized carbons (Fsp3) is 0.250. The Morgan fingerprint density at radius 1 is 1.38 bits per heavy atom. The van der Waals surface area contributed by atoms with Crippen LogP contribution in [0, 0.1) is 0 Å². The third-order valence-corrected chi connectivity index (χ3v) is 3.15. The Morgan fingerprint density at radius 2 is 2.12 bits per heavy atom. The number of aryl methyl sites for hydroxylation is 1. The van der Waals surface area contributed by atoms with Gasteiger partial charge in [-0.15, -0.1) is 0 Å². The van der Waals surface area contributed by atoms with Gasteiger partial charge >= 0.3 is 0 Å². The molecule has 0 aliphatic heterocycles. The highest BCUT2D eigenvalue weighted by atomic mass is 79.9. The minimum absolute atomic E-state index is 0.0581. The van der Waals surface area contributed by atoms with Crippen LogP contribution in [-0.4, -0.2) is 15.1 Å². The maximum absolute atomic E-state index is 9.08. The molecule has 2 N–H and O–H groups in total. The topological polar surface area (TPSA) is 48.9 Å². The lowest BCUT2D eigenvalue weighted by Crippen LogP contribution is -1.86. The molecule has 0 spiro atoms. The zero-order valence-electron chi connectivity index (χ0n) is 9.00. The second-order valence-corrected chi connectivity index (χ2v) is 4.36. The van der Waals surface area contributed by atoms with Gasteiger partial charge in [0.2, 0.25) is 0 Å². The first kappa shape index (κ1) is 11.4. The maximum Gasteiger partial charge on any atom is 0.132 e. The monoisotopic (exact) mass is 280 g/mol. The van der Waals surface area contributed by atoms with Gasteiger partial charge in [-0.05, 0) is 12.5 Å². The highest BCUT2D eigenvalue weighted by Crippen LogP contribution is 2.29. The molecule has 4 heteroatoms. The normalized spacial score (nSPS) is 10.7. The summed E-state index contributed by atoms with van der Waals surface area (Å²) < 4.78 is 1.01. The van der Waals surface area contributed by atoms with E-state index in [1.165, 1.54) is 0 Å². The number of aromatic amines is 1. The molecule has 0 radical (unpaired) electrons. The van der Waals surface area contributed by atoms with E-state index in [1.54, 1.807) is 0 Å². The molecule has 0 amide bonds. The predicted molar refractivity (Wildman–Crippen MR) is 67.0 cm³/mol. The number of nitrogens with zero attached hydrogens (tertiary/aromatic N) is 1. The Hall–Kier alpha value is -1.13. The Bertz CT molecular complexity index is 494. The van der Waals surface area contributed by atoms with Gasteiger partial charge in [0.05, 0.1) is 5.69 Å². The summed E-state index contributed by atoms with van der Waals surface area (Å²) in [7, 11) is 0. The van der Waals surface area contributed by atoms with Crippen molar-refractivity contribution in [2.75, 3.05) is 0 Å². The minimum atomic E-state index is -0.0581. The molecular weight excluding hydrogens is 268 g/mol. The Kier molecular flexibility index (Phi) is 3.41. The third-order valence-electron chi connectivity index (χ3n) is 2.46. The Labute approximate surface area is 103 Å². The van der Waals surface area contributed by atoms with Crippen LogP contribution < -0.4 is 0 Å². The van der Waals surface area contributed by atoms with Crippen LogP contribution in [0.15, 0.2) is 28.7 Å². The zero-order chi connectivity index (χ0) is 11.5. The fourth-order valence-electron chi connectivity index (χ4n) is 1.67. The highest BCUT2D eigenvalue weighted by Gasteiger charge is 2.12. The molecule has 0 saturated carbocycles. The number of halogens is 1. The lowest BCUT2D eigenvalue weighted by atomic mass is 10.1. The van der Waals surface area contributed by atoms with Gasteiger partial charge < -0.3 is 10.1 Å². The molecule has 1 aromatic carbocycles. The summed E-state index contributed by atoms with van der Waals surface area (Å²) >= 11 is 3.51. The standard InChI is InChI=1S/C12H13BrN2O/c1-2-10-12(15-11(7-16)14-10)8-5-3-4-6-9(8)13/h3-6,16H,2,7H2,1H3,(H,14,15). The van der Waals surface area contributed by atoms with Crippen molar-refractivity contribution in [3.63, 3.8) is 0 Å². The van der Waals surface area contributed by atoms with Crippen molar-refractivity contribution in [2.45, 2.75) is 20.0 Å². The summed E-state index contributed by atoms with van der Waals surface area (Å²) in [6.07, 6.45) is 0.865. The second-order valence-electron chi connectivity index (χ2n) is 3.50. The molecule has 0 atom stereocenters. The van der Waals surface area contributed by atoms with Crippen LogP contribution in [0.2, 0.25) is 0 Å². The number of imidazole rings is 1. The number of rotatable bonds is 3. The first-order chi connectivity index (χ1) is 7.76. The van der Waals surface area contributed by atoms with Crippen LogP contribution in [-0.2, 0) is 13.0 Å². The lowest BCUT2D eigenvalue weighted by molar-refractivity contribution is 0.272. The van der Waals surface area contributed by atoms with Crippen molar-refractivity contribution in [2.24, 2.45) is 0 Å². The number of hydrogen-bond acceptors (Lipinski definition) is 2. The quantitative estimate of drug-likeness (QED) is 0.908.